The number of carbonyl (C=O) groups excluding carboxylic acids is 2. The van der Waals surface area contributed by atoms with Crippen LogP contribution in [0.25, 0.3) is 10.9 Å². The summed E-state index contributed by atoms with van der Waals surface area (Å²) in [5, 5.41) is 5.86. The van der Waals surface area contributed by atoms with E-state index in [-0.39, 0.29) is 11.7 Å². The van der Waals surface area contributed by atoms with Gasteiger partial charge in [-0.2, -0.15) is 0 Å². The molecule has 4 nitrogen and oxygen atoms in total. The van der Waals surface area contributed by atoms with Crippen molar-refractivity contribution in [2.75, 3.05) is 0 Å². The Hall–Kier alpha value is -2.66. The topological polar surface area (TPSA) is 51.1 Å². The van der Waals surface area contributed by atoms with Crippen molar-refractivity contribution in [3.05, 3.63) is 70.6 Å². The van der Waals surface area contributed by atoms with Crippen molar-refractivity contribution >= 4 is 33.9 Å². The molecule has 1 N–H and O–H groups in total. The highest BCUT2D eigenvalue weighted by atomic mass is 32.1. The van der Waals surface area contributed by atoms with Crippen LogP contribution in [0.1, 0.15) is 21.7 Å². The molecule has 5 heteroatoms. The first-order chi connectivity index (χ1) is 11.6. The summed E-state index contributed by atoms with van der Waals surface area (Å²) in [7, 11) is 1.95. The van der Waals surface area contributed by atoms with E-state index in [1.165, 1.54) is 11.3 Å². The first-order valence-corrected chi connectivity index (χ1v) is 8.61. The monoisotopic (exact) mass is 336 g/mol. The minimum atomic E-state index is -1.03. The molecule has 2 aromatic heterocycles. The van der Waals surface area contributed by atoms with Crippen LogP contribution in [0.4, 0.5) is 0 Å². The van der Waals surface area contributed by atoms with E-state index in [0.717, 1.165) is 16.5 Å². The Morgan fingerprint density at radius 2 is 2.08 bits per heavy atom. The fraction of sp³-hybridized carbons (Fsp3) is 0.158. The highest BCUT2D eigenvalue weighted by Gasteiger charge is 2.44. The first kappa shape index (κ1) is 14.9. The van der Waals surface area contributed by atoms with Crippen LogP contribution in [-0.4, -0.2) is 16.3 Å². The van der Waals surface area contributed by atoms with Gasteiger partial charge in [0.25, 0.3) is 5.91 Å². The molecule has 0 radical (unpaired) electrons. The molecule has 0 saturated carbocycles. The number of benzene rings is 1. The smallest absolute Gasteiger partial charge is 0.262 e. The molecule has 1 aromatic carbocycles. The normalized spacial score (nSPS) is 20.0. The van der Waals surface area contributed by atoms with Crippen LogP contribution >= 0.6 is 11.3 Å². The fourth-order valence-electron chi connectivity index (χ4n) is 3.35. The molecule has 0 aliphatic heterocycles. The van der Waals surface area contributed by atoms with Gasteiger partial charge >= 0.3 is 0 Å². The van der Waals surface area contributed by atoms with Gasteiger partial charge < -0.3 is 9.88 Å². The van der Waals surface area contributed by atoms with E-state index in [2.05, 4.69) is 5.32 Å². The maximum Gasteiger partial charge on any atom is 0.262 e. The molecule has 120 valence electrons. The average molecular weight is 336 g/mol. The highest BCUT2D eigenvalue weighted by molar-refractivity contribution is 7.12. The highest BCUT2D eigenvalue weighted by Crippen LogP contribution is 2.37. The number of hydrogen-bond donors (Lipinski definition) is 1. The molecule has 4 rings (SSSR count). The lowest BCUT2D eigenvalue weighted by Crippen LogP contribution is -2.49. The van der Waals surface area contributed by atoms with Gasteiger partial charge in [-0.1, -0.05) is 30.3 Å². The molecule has 1 atom stereocenters. The number of hydrogen-bond acceptors (Lipinski definition) is 3. The van der Waals surface area contributed by atoms with E-state index in [1.807, 2.05) is 59.6 Å². The number of aromatic nitrogens is 1. The van der Waals surface area contributed by atoms with Gasteiger partial charge in [0.2, 0.25) is 0 Å². The predicted molar refractivity (Wildman–Crippen MR) is 95.1 cm³/mol. The summed E-state index contributed by atoms with van der Waals surface area (Å²) in [6.07, 6.45) is 5.82. The van der Waals surface area contributed by atoms with Gasteiger partial charge in [0, 0.05) is 36.1 Å². The Kier molecular flexibility index (Phi) is 3.39. The third-order valence-electron chi connectivity index (χ3n) is 4.54. The summed E-state index contributed by atoms with van der Waals surface area (Å²) in [4.78, 5) is 26.0. The van der Waals surface area contributed by atoms with Gasteiger partial charge in [-0.05, 0) is 23.6 Å². The molecule has 2 heterocycles. The molecule has 1 aliphatic carbocycles. The predicted octanol–water partition coefficient (Wildman–Crippen LogP) is 3.39. The number of thiophene rings is 1. The molecule has 1 amide bonds. The van der Waals surface area contributed by atoms with Crippen LogP contribution in [0.2, 0.25) is 0 Å². The maximum atomic E-state index is 12.7. The minimum Gasteiger partial charge on any atom is -0.350 e. The molecule has 3 aromatic rings. The second kappa shape index (κ2) is 5.46. The van der Waals surface area contributed by atoms with E-state index in [0.29, 0.717) is 11.3 Å². The van der Waals surface area contributed by atoms with Crippen molar-refractivity contribution in [1.29, 1.82) is 0 Å². The number of fused-ring (bicyclic) bond motifs is 1. The van der Waals surface area contributed by atoms with Crippen molar-refractivity contribution in [2.45, 2.75) is 12.0 Å². The molecular formula is C19H16N2O2S. The van der Waals surface area contributed by atoms with Crippen molar-refractivity contribution < 1.29 is 9.59 Å². The Balaban J connectivity index is 1.85. The number of nitrogens with zero attached hydrogens (tertiary/aromatic N) is 1. The molecule has 0 saturated heterocycles. The molecule has 1 unspecified atom stereocenters. The van der Waals surface area contributed by atoms with Gasteiger partial charge in [-0.15, -0.1) is 11.3 Å². The summed E-state index contributed by atoms with van der Waals surface area (Å²) in [5.74, 6) is -0.293. The van der Waals surface area contributed by atoms with Crippen LogP contribution in [0, 0.1) is 0 Å². The summed E-state index contributed by atoms with van der Waals surface area (Å²) >= 11 is 1.37. The number of para-hydroxylation sites is 1. The van der Waals surface area contributed by atoms with Crippen molar-refractivity contribution in [3.8, 4) is 0 Å². The largest absolute Gasteiger partial charge is 0.350 e. The number of aryl methyl sites for hydroxylation is 1. The molecule has 0 bridgehead atoms. The zero-order valence-corrected chi connectivity index (χ0v) is 14.0. The van der Waals surface area contributed by atoms with E-state index >= 15 is 0 Å². The maximum absolute atomic E-state index is 12.7. The standard InChI is InChI=1S/C19H16N2O2S/c1-21-12-14(13-6-2-3-7-15(13)21)19(10-4-9-17(19)22)20-18(23)16-8-5-11-24-16/h2-9,11-12H,10H2,1H3,(H,20,23). The van der Waals surface area contributed by atoms with E-state index in [1.54, 1.807) is 12.1 Å². The molecule has 24 heavy (non-hydrogen) atoms. The van der Waals surface area contributed by atoms with Crippen LogP contribution in [0.5, 0.6) is 0 Å². The van der Waals surface area contributed by atoms with E-state index < -0.39 is 5.54 Å². The Bertz CT molecular complexity index is 969. The van der Waals surface area contributed by atoms with Crippen molar-refractivity contribution in [2.24, 2.45) is 7.05 Å². The van der Waals surface area contributed by atoms with Crippen LogP contribution in [-0.2, 0) is 17.4 Å². The lowest BCUT2D eigenvalue weighted by molar-refractivity contribution is -0.119. The summed E-state index contributed by atoms with van der Waals surface area (Å²) in [6.45, 7) is 0. The van der Waals surface area contributed by atoms with Gasteiger partial charge in [-0.25, -0.2) is 0 Å². The number of carbonyl (C=O) groups is 2. The van der Waals surface area contributed by atoms with Crippen LogP contribution in [0.3, 0.4) is 0 Å². The Morgan fingerprint density at radius 3 is 2.79 bits per heavy atom. The lowest BCUT2D eigenvalue weighted by Gasteiger charge is -2.28. The number of rotatable bonds is 3. The SMILES string of the molecule is Cn1cc(C2(NC(=O)c3cccs3)CC=CC2=O)c2ccccc21. The van der Waals surface area contributed by atoms with Crippen LogP contribution in [0.15, 0.2) is 60.1 Å². The molecule has 1 aliphatic rings. The van der Waals surface area contributed by atoms with Gasteiger partial charge in [0.1, 0.15) is 5.54 Å². The first-order valence-electron chi connectivity index (χ1n) is 7.73. The lowest BCUT2D eigenvalue weighted by atomic mass is 9.86. The quantitative estimate of drug-likeness (QED) is 0.797. The zero-order valence-electron chi connectivity index (χ0n) is 13.2. The number of nitrogens with one attached hydrogen (secondary N) is 1. The third kappa shape index (κ3) is 2.12. The van der Waals surface area contributed by atoms with E-state index in [9.17, 15) is 9.59 Å². The van der Waals surface area contributed by atoms with Crippen LogP contribution < -0.4 is 5.32 Å². The average Bonchev–Trinajstić information content (AvgIpc) is 3.29. The number of ketones is 1. The minimum absolute atomic E-state index is 0.0799. The van der Waals surface area contributed by atoms with Gasteiger partial charge in [0.15, 0.2) is 5.78 Å². The Labute approximate surface area is 143 Å². The third-order valence-corrected chi connectivity index (χ3v) is 5.41. The summed E-state index contributed by atoms with van der Waals surface area (Å²) in [5.41, 5.74) is 0.861. The second-order valence-electron chi connectivity index (χ2n) is 5.98. The molecule has 0 fully saturated rings. The Morgan fingerprint density at radius 1 is 1.25 bits per heavy atom. The fourth-order valence-corrected chi connectivity index (χ4v) is 3.97. The molecule has 0 spiro atoms. The van der Waals surface area contributed by atoms with Gasteiger partial charge in [0.05, 0.1) is 4.88 Å². The summed E-state index contributed by atoms with van der Waals surface area (Å²) < 4.78 is 2.00. The van der Waals surface area contributed by atoms with E-state index in [4.69, 9.17) is 0 Å². The zero-order chi connectivity index (χ0) is 16.7. The van der Waals surface area contributed by atoms with Crippen molar-refractivity contribution in [3.63, 3.8) is 0 Å². The molecular weight excluding hydrogens is 320 g/mol. The van der Waals surface area contributed by atoms with Crippen molar-refractivity contribution in [1.82, 2.24) is 9.88 Å². The number of amides is 1. The summed E-state index contributed by atoms with van der Waals surface area (Å²) in [6, 6.07) is 11.5. The second-order valence-corrected chi connectivity index (χ2v) is 6.93. The van der Waals surface area contributed by atoms with Gasteiger partial charge in [-0.3, -0.25) is 9.59 Å².